The van der Waals surface area contributed by atoms with E-state index in [-0.39, 0.29) is 5.97 Å². The Morgan fingerprint density at radius 1 is 1.46 bits per heavy atom. The summed E-state index contributed by atoms with van der Waals surface area (Å²) in [6, 6.07) is 5.49. The summed E-state index contributed by atoms with van der Waals surface area (Å²) in [5.74, 6) is -0.297. The van der Waals surface area contributed by atoms with Crippen LogP contribution in [0.4, 0.5) is 5.69 Å². The van der Waals surface area contributed by atoms with Gasteiger partial charge in [-0.25, -0.2) is 4.79 Å². The average Bonchev–Trinajstić information content (AvgIpc) is 2.17. The second-order valence-corrected chi connectivity index (χ2v) is 2.72. The van der Waals surface area contributed by atoms with E-state index in [4.69, 9.17) is 0 Å². The molecule has 0 saturated heterocycles. The lowest BCUT2D eigenvalue weighted by atomic mass is 10.1. The van der Waals surface area contributed by atoms with Gasteiger partial charge in [0, 0.05) is 12.7 Å². The Hall–Kier alpha value is -1.51. The second-order valence-electron chi connectivity index (χ2n) is 2.72. The number of anilines is 1. The molecule has 0 bridgehead atoms. The van der Waals surface area contributed by atoms with Crippen molar-refractivity contribution in [2.45, 2.75) is 6.92 Å². The predicted molar refractivity (Wildman–Crippen MR) is 52.1 cm³/mol. The molecule has 3 nitrogen and oxygen atoms in total. The molecule has 0 aliphatic heterocycles. The summed E-state index contributed by atoms with van der Waals surface area (Å²) >= 11 is 0. The van der Waals surface area contributed by atoms with Gasteiger partial charge in [-0.15, -0.1) is 0 Å². The third-order valence-corrected chi connectivity index (χ3v) is 2.01. The van der Waals surface area contributed by atoms with Crippen LogP contribution in [-0.2, 0) is 4.74 Å². The molecular weight excluding hydrogens is 166 g/mol. The Morgan fingerprint density at radius 3 is 2.69 bits per heavy atom. The summed E-state index contributed by atoms with van der Waals surface area (Å²) in [5, 5.41) is 3.01. The van der Waals surface area contributed by atoms with E-state index < -0.39 is 0 Å². The summed E-state index contributed by atoms with van der Waals surface area (Å²) in [7, 11) is 3.21. The predicted octanol–water partition coefficient (Wildman–Crippen LogP) is 1.82. The summed E-state index contributed by atoms with van der Waals surface area (Å²) in [6.07, 6.45) is 0. The van der Waals surface area contributed by atoms with Gasteiger partial charge in [0.2, 0.25) is 0 Å². The van der Waals surface area contributed by atoms with E-state index in [0.717, 1.165) is 11.3 Å². The highest BCUT2D eigenvalue weighted by Gasteiger charge is 2.10. The number of methoxy groups -OCH3 is 1. The van der Waals surface area contributed by atoms with E-state index in [2.05, 4.69) is 10.1 Å². The Kier molecular flexibility index (Phi) is 2.90. The van der Waals surface area contributed by atoms with Crippen LogP contribution in [0, 0.1) is 6.92 Å². The van der Waals surface area contributed by atoms with Crippen LogP contribution in [0.25, 0.3) is 0 Å². The molecule has 3 heteroatoms. The number of carbonyl (C=O) groups excluding carboxylic acids is 1. The van der Waals surface area contributed by atoms with Crippen LogP contribution in [0.5, 0.6) is 0 Å². The molecule has 0 atom stereocenters. The van der Waals surface area contributed by atoms with Crippen LogP contribution in [0.2, 0.25) is 0 Å². The number of nitrogens with one attached hydrogen (secondary N) is 1. The molecule has 0 spiro atoms. The van der Waals surface area contributed by atoms with Gasteiger partial charge in [-0.2, -0.15) is 0 Å². The van der Waals surface area contributed by atoms with Crippen LogP contribution in [0.1, 0.15) is 15.9 Å². The van der Waals surface area contributed by atoms with Crippen molar-refractivity contribution in [2.75, 3.05) is 19.5 Å². The topological polar surface area (TPSA) is 38.3 Å². The molecule has 70 valence electrons. The highest BCUT2D eigenvalue weighted by Crippen LogP contribution is 2.18. The van der Waals surface area contributed by atoms with Crippen molar-refractivity contribution >= 4 is 11.7 Å². The molecule has 0 fully saturated rings. The normalized spacial score (nSPS) is 9.46. The molecule has 0 amide bonds. The van der Waals surface area contributed by atoms with E-state index in [0.29, 0.717) is 5.56 Å². The summed E-state index contributed by atoms with van der Waals surface area (Å²) in [4.78, 5) is 11.3. The molecule has 1 aromatic carbocycles. The smallest absolute Gasteiger partial charge is 0.338 e. The van der Waals surface area contributed by atoms with E-state index >= 15 is 0 Å². The molecule has 13 heavy (non-hydrogen) atoms. The fourth-order valence-electron chi connectivity index (χ4n) is 1.24. The molecule has 1 N–H and O–H groups in total. The van der Waals surface area contributed by atoms with E-state index in [1.165, 1.54) is 7.11 Å². The Balaban J connectivity index is 3.15. The van der Waals surface area contributed by atoms with Crippen molar-refractivity contribution in [2.24, 2.45) is 0 Å². The Morgan fingerprint density at radius 2 is 2.15 bits per heavy atom. The fraction of sp³-hybridized carbons (Fsp3) is 0.300. The van der Waals surface area contributed by atoms with Gasteiger partial charge in [-0.3, -0.25) is 0 Å². The summed E-state index contributed by atoms with van der Waals surface area (Å²) < 4.78 is 4.65. The molecule has 0 aliphatic rings. The van der Waals surface area contributed by atoms with E-state index in [1.54, 1.807) is 6.07 Å². The highest BCUT2D eigenvalue weighted by molar-refractivity contribution is 5.92. The van der Waals surface area contributed by atoms with Gasteiger partial charge in [0.1, 0.15) is 0 Å². The first-order valence-corrected chi connectivity index (χ1v) is 4.06. The molecule has 0 aromatic heterocycles. The molecule has 1 rings (SSSR count). The SMILES string of the molecule is CNc1cccc(C(=O)OC)c1C. The van der Waals surface area contributed by atoms with Crippen LogP contribution < -0.4 is 5.32 Å². The number of rotatable bonds is 2. The zero-order valence-corrected chi connectivity index (χ0v) is 8.05. The summed E-state index contributed by atoms with van der Waals surface area (Å²) in [6.45, 7) is 1.89. The minimum atomic E-state index is -0.297. The Bertz CT molecular complexity index is 321. The number of benzene rings is 1. The first kappa shape index (κ1) is 9.58. The van der Waals surface area contributed by atoms with Gasteiger partial charge in [0.05, 0.1) is 12.7 Å². The zero-order valence-electron chi connectivity index (χ0n) is 8.05. The van der Waals surface area contributed by atoms with Crippen molar-refractivity contribution in [3.05, 3.63) is 29.3 Å². The lowest BCUT2D eigenvalue weighted by molar-refractivity contribution is 0.0600. The average molecular weight is 179 g/mol. The first-order chi connectivity index (χ1) is 6.20. The molecule has 0 radical (unpaired) electrons. The number of carbonyl (C=O) groups is 1. The van der Waals surface area contributed by atoms with Crippen LogP contribution >= 0.6 is 0 Å². The van der Waals surface area contributed by atoms with Crippen LogP contribution in [0.3, 0.4) is 0 Å². The second kappa shape index (κ2) is 3.94. The van der Waals surface area contributed by atoms with Crippen molar-refractivity contribution in [1.82, 2.24) is 0 Å². The minimum absolute atomic E-state index is 0.297. The maximum atomic E-state index is 11.3. The van der Waals surface area contributed by atoms with Gasteiger partial charge in [-0.1, -0.05) is 6.07 Å². The van der Waals surface area contributed by atoms with Gasteiger partial charge in [-0.05, 0) is 24.6 Å². The number of hydrogen-bond donors (Lipinski definition) is 1. The van der Waals surface area contributed by atoms with Gasteiger partial charge >= 0.3 is 5.97 Å². The third-order valence-electron chi connectivity index (χ3n) is 2.01. The van der Waals surface area contributed by atoms with Crippen LogP contribution in [-0.4, -0.2) is 20.1 Å². The van der Waals surface area contributed by atoms with Crippen molar-refractivity contribution in [3.8, 4) is 0 Å². The third kappa shape index (κ3) is 1.80. The number of ether oxygens (including phenoxy) is 1. The quantitative estimate of drug-likeness (QED) is 0.704. The fourth-order valence-corrected chi connectivity index (χ4v) is 1.24. The molecular formula is C10H13NO2. The zero-order chi connectivity index (χ0) is 9.84. The van der Waals surface area contributed by atoms with E-state index in [9.17, 15) is 4.79 Å². The maximum Gasteiger partial charge on any atom is 0.338 e. The van der Waals surface area contributed by atoms with Gasteiger partial charge < -0.3 is 10.1 Å². The molecule has 0 aliphatic carbocycles. The van der Waals surface area contributed by atoms with Crippen molar-refractivity contribution < 1.29 is 9.53 Å². The Labute approximate surface area is 77.7 Å². The first-order valence-electron chi connectivity index (χ1n) is 4.06. The largest absolute Gasteiger partial charge is 0.465 e. The van der Waals surface area contributed by atoms with Crippen molar-refractivity contribution in [3.63, 3.8) is 0 Å². The summed E-state index contributed by atoms with van der Waals surface area (Å²) in [5.41, 5.74) is 2.47. The molecule has 0 unspecified atom stereocenters. The number of esters is 1. The minimum Gasteiger partial charge on any atom is -0.465 e. The maximum absolute atomic E-state index is 11.3. The lowest BCUT2D eigenvalue weighted by Crippen LogP contribution is -2.05. The molecule has 0 heterocycles. The monoisotopic (exact) mass is 179 g/mol. The van der Waals surface area contributed by atoms with E-state index in [1.807, 2.05) is 26.1 Å². The highest BCUT2D eigenvalue weighted by atomic mass is 16.5. The number of hydrogen-bond acceptors (Lipinski definition) is 3. The van der Waals surface area contributed by atoms with Crippen molar-refractivity contribution in [1.29, 1.82) is 0 Å². The molecule has 1 aromatic rings. The molecule has 0 saturated carbocycles. The lowest BCUT2D eigenvalue weighted by Gasteiger charge is -2.08. The van der Waals surface area contributed by atoms with Gasteiger partial charge in [0.15, 0.2) is 0 Å². The van der Waals surface area contributed by atoms with Crippen LogP contribution in [0.15, 0.2) is 18.2 Å². The van der Waals surface area contributed by atoms with Gasteiger partial charge in [0.25, 0.3) is 0 Å². The standard InChI is InChI=1S/C10H13NO2/c1-7-8(10(12)13-3)5-4-6-9(7)11-2/h4-6,11H,1-3H3.